The van der Waals surface area contributed by atoms with Gasteiger partial charge in [0.05, 0.1) is 15.9 Å². The van der Waals surface area contributed by atoms with Crippen LogP contribution in [0.1, 0.15) is 34.8 Å². The molecule has 2 aromatic carbocycles. The molecule has 0 saturated heterocycles. The minimum atomic E-state index is -3.69. The first kappa shape index (κ1) is 23.9. The van der Waals surface area contributed by atoms with Crippen LogP contribution < -0.4 is 5.32 Å². The number of sulfonamides is 1. The van der Waals surface area contributed by atoms with Crippen molar-refractivity contribution in [3.05, 3.63) is 53.1 Å². The van der Waals surface area contributed by atoms with E-state index in [-0.39, 0.29) is 10.5 Å². The summed E-state index contributed by atoms with van der Waals surface area (Å²) < 4.78 is 34.0. The van der Waals surface area contributed by atoms with Gasteiger partial charge in [-0.1, -0.05) is 12.1 Å². The fourth-order valence-electron chi connectivity index (χ4n) is 3.46. The minimum Gasteiger partial charge on any atom is -0.382 e. The first-order valence-electron chi connectivity index (χ1n) is 10.5. The highest BCUT2D eigenvalue weighted by Gasteiger charge is 2.23. The fraction of sp³-hybridized carbons (Fsp3) is 0.391. The average Bonchev–Trinajstić information content (AvgIpc) is 3.09. The van der Waals surface area contributed by atoms with Crippen LogP contribution >= 0.6 is 0 Å². The van der Waals surface area contributed by atoms with Crippen LogP contribution in [0.2, 0.25) is 0 Å². The van der Waals surface area contributed by atoms with Gasteiger partial charge in [0, 0.05) is 39.4 Å². The van der Waals surface area contributed by atoms with Gasteiger partial charge in [0.25, 0.3) is 5.91 Å². The molecule has 0 aliphatic heterocycles. The Morgan fingerprint density at radius 3 is 2.59 bits per heavy atom. The average molecular weight is 459 g/mol. The quantitative estimate of drug-likeness (QED) is 0.495. The van der Waals surface area contributed by atoms with E-state index in [4.69, 9.17) is 4.74 Å². The molecule has 0 atom stereocenters. The zero-order valence-corrected chi connectivity index (χ0v) is 20.0. The zero-order chi connectivity index (χ0) is 23.5. The molecule has 0 saturated carbocycles. The van der Waals surface area contributed by atoms with Crippen LogP contribution in [-0.2, 0) is 21.3 Å². The van der Waals surface area contributed by atoms with Gasteiger partial charge < -0.3 is 9.30 Å². The summed E-state index contributed by atoms with van der Waals surface area (Å²) in [6, 6.07) is 10.8. The summed E-state index contributed by atoms with van der Waals surface area (Å²) in [5.74, 6) is 0.00705. The molecule has 1 N–H and O–H groups in total. The molecular formula is C23H30N4O4S. The molecule has 1 aromatic heterocycles. The molecule has 0 fully saturated rings. The summed E-state index contributed by atoms with van der Waals surface area (Å²) in [7, 11) is -0.739. The molecule has 1 heterocycles. The number of amides is 1. The number of nitrogens with zero attached hydrogens (tertiary/aromatic N) is 3. The number of imidazole rings is 1. The summed E-state index contributed by atoms with van der Waals surface area (Å²) in [6.45, 7) is 7.38. The monoisotopic (exact) mass is 458 g/mol. The van der Waals surface area contributed by atoms with E-state index in [9.17, 15) is 13.2 Å². The van der Waals surface area contributed by atoms with Crippen molar-refractivity contribution in [2.45, 2.75) is 38.6 Å². The Labute approximate surface area is 189 Å². The number of benzene rings is 2. The number of ether oxygens (including phenoxy) is 1. The van der Waals surface area contributed by atoms with E-state index in [1.54, 1.807) is 19.9 Å². The number of aromatic nitrogens is 2. The topological polar surface area (TPSA) is 93.5 Å². The van der Waals surface area contributed by atoms with E-state index in [1.807, 2.05) is 35.8 Å². The summed E-state index contributed by atoms with van der Waals surface area (Å²) in [6.07, 6.45) is 0.770. The fourth-order valence-corrected chi connectivity index (χ4v) is 4.68. The van der Waals surface area contributed by atoms with Gasteiger partial charge in [-0.15, -0.1) is 0 Å². The van der Waals surface area contributed by atoms with Crippen molar-refractivity contribution >= 4 is 32.9 Å². The highest BCUT2D eigenvalue weighted by molar-refractivity contribution is 7.89. The lowest BCUT2D eigenvalue weighted by Crippen LogP contribution is -2.24. The Morgan fingerprint density at radius 1 is 1.19 bits per heavy atom. The van der Waals surface area contributed by atoms with Crippen molar-refractivity contribution in [2.75, 3.05) is 32.6 Å². The predicted octanol–water partition coefficient (Wildman–Crippen LogP) is 3.58. The molecule has 32 heavy (non-hydrogen) atoms. The highest BCUT2D eigenvalue weighted by Crippen LogP contribution is 2.25. The third kappa shape index (κ3) is 4.85. The van der Waals surface area contributed by atoms with Crippen LogP contribution in [0, 0.1) is 13.8 Å². The molecule has 0 aliphatic rings. The number of para-hydroxylation sites is 2. The Hall–Kier alpha value is -2.75. The number of carbonyl (C=O) groups is 1. The van der Waals surface area contributed by atoms with E-state index < -0.39 is 15.9 Å². The molecule has 3 aromatic rings. The maximum atomic E-state index is 13.1. The standard InChI is InChI=1S/C23H30N4O4S/c1-6-31-13-9-12-27-20-11-8-7-10-19(20)24-23(27)25-22(28)18-14-16(2)17(3)21(15-18)32(29,30)26(4)5/h7-8,10-11,14-15H,6,9,12-13H2,1-5H3,(H,24,25,28). The lowest BCUT2D eigenvalue weighted by Gasteiger charge is -2.17. The highest BCUT2D eigenvalue weighted by atomic mass is 32.2. The van der Waals surface area contributed by atoms with Gasteiger partial charge in [0.1, 0.15) is 0 Å². The van der Waals surface area contributed by atoms with Gasteiger partial charge in [-0.3, -0.25) is 10.1 Å². The number of hydrogen-bond acceptors (Lipinski definition) is 5. The molecule has 0 spiro atoms. The number of anilines is 1. The number of hydrogen-bond donors (Lipinski definition) is 1. The maximum absolute atomic E-state index is 13.1. The molecule has 9 heteroatoms. The lowest BCUT2D eigenvalue weighted by molar-refractivity contribution is 0.102. The van der Waals surface area contributed by atoms with Crippen LogP contribution in [0.3, 0.4) is 0 Å². The lowest BCUT2D eigenvalue weighted by atomic mass is 10.1. The first-order valence-corrected chi connectivity index (χ1v) is 12.0. The van der Waals surface area contributed by atoms with E-state index >= 15 is 0 Å². The van der Waals surface area contributed by atoms with E-state index in [1.165, 1.54) is 20.2 Å². The zero-order valence-electron chi connectivity index (χ0n) is 19.2. The molecule has 8 nitrogen and oxygen atoms in total. The third-order valence-electron chi connectivity index (χ3n) is 5.39. The number of aryl methyl sites for hydroxylation is 2. The third-order valence-corrected chi connectivity index (χ3v) is 7.34. The number of fused-ring (bicyclic) bond motifs is 1. The van der Waals surface area contributed by atoms with Gasteiger partial charge >= 0.3 is 0 Å². The SMILES string of the molecule is CCOCCCn1c(NC(=O)c2cc(C)c(C)c(S(=O)(=O)N(C)C)c2)nc2ccccc21. The van der Waals surface area contributed by atoms with Crippen molar-refractivity contribution < 1.29 is 17.9 Å². The molecule has 0 radical (unpaired) electrons. The van der Waals surface area contributed by atoms with Gasteiger partial charge in [-0.25, -0.2) is 17.7 Å². The molecule has 172 valence electrons. The van der Waals surface area contributed by atoms with Crippen molar-refractivity contribution in [3.8, 4) is 0 Å². The number of carbonyl (C=O) groups excluding carboxylic acids is 1. The second kappa shape index (κ2) is 9.81. The molecule has 3 rings (SSSR count). The van der Waals surface area contributed by atoms with E-state index in [2.05, 4.69) is 10.3 Å². The Balaban J connectivity index is 1.96. The summed E-state index contributed by atoms with van der Waals surface area (Å²) in [5.41, 5.74) is 3.30. The van der Waals surface area contributed by atoms with Gasteiger partial charge in [0.15, 0.2) is 0 Å². The van der Waals surface area contributed by atoms with Crippen molar-refractivity contribution in [1.29, 1.82) is 0 Å². The Bertz CT molecular complexity index is 1230. The van der Waals surface area contributed by atoms with Crippen molar-refractivity contribution in [2.24, 2.45) is 0 Å². The smallest absolute Gasteiger partial charge is 0.258 e. The van der Waals surface area contributed by atoms with Gasteiger partial charge in [0.2, 0.25) is 16.0 Å². The van der Waals surface area contributed by atoms with E-state index in [0.29, 0.717) is 31.3 Å². The number of nitrogens with one attached hydrogen (secondary N) is 1. The second-order valence-corrected chi connectivity index (χ2v) is 9.90. The maximum Gasteiger partial charge on any atom is 0.258 e. The normalized spacial score (nSPS) is 11.9. The van der Waals surface area contributed by atoms with E-state index in [0.717, 1.165) is 27.3 Å². The minimum absolute atomic E-state index is 0.123. The van der Waals surface area contributed by atoms with Crippen LogP contribution in [-0.4, -0.2) is 55.5 Å². The van der Waals surface area contributed by atoms with Crippen LogP contribution in [0.25, 0.3) is 11.0 Å². The Morgan fingerprint density at radius 2 is 1.91 bits per heavy atom. The Kier molecular flexibility index (Phi) is 7.33. The molecule has 1 amide bonds. The van der Waals surface area contributed by atoms with Crippen molar-refractivity contribution in [1.82, 2.24) is 13.9 Å². The second-order valence-electron chi connectivity index (χ2n) is 7.78. The summed E-state index contributed by atoms with van der Waals surface area (Å²) >= 11 is 0. The molecule has 0 aliphatic carbocycles. The van der Waals surface area contributed by atoms with Crippen LogP contribution in [0.4, 0.5) is 5.95 Å². The largest absolute Gasteiger partial charge is 0.382 e. The summed E-state index contributed by atoms with van der Waals surface area (Å²) in [5, 5.41) is 2.88. The predicted molar refractivity (Wildman–Crippen MR) is 126 cm³/mol. The number of rotatable bonds is 9. The van der Waals surface area contributed by atoms with Crippen LogP contribution in [0.5, 0.6) is 0 Å². The first-order chi connectivity index (χ1) is 15.2. The van der Waals surface area contributed by atoms with Crippen LogP contribution in [0.15, 0.2) is 41.3 Å². The summed E-state index contributed by atoms with van der Waals surface area (Å²) in [4.78, 5) is 17.8. The molecular weight excluding hydrogens is 428 g/mol. The molecule has 0 bridgehead atoms. The van der Waals surface area contributed by atoms with Crippen molar-refractivity contribution in [3.63, 3.8) is 0 Å². The van der Waals surface area contributed by atoms with Gasteiger partial charge in [-0.2, -0.15) is 0 Å². The molecule has 0 unspecified atom stereocenters. The van der Waals surface area contributed by atoms with Gasteiger partial charge in [-0.05, 0) is 62.6 Å².